The predicted molar refractivity (Wildman–Crippen MR) is 60.8 cm³/mol. The Labute approximate surface area is 97.6 Å². The van der Waals surface area contributed by atoms with Gasteiger partial charge in [-0.05, 0) is 40.5 Å². The lowest BCUT2D eigenvalue weighted by molar-refractivity contribution is -0.145. The van der Waals surface area contributed by atoms with Crippen molar-refractivity contribution < 1.29 is 19.7 Å². The summed E-state index contributed by atoms with van der Waals surface area (Å²) in [4.78, 5) is 0. The van der Waals surface area contributed by atoms with Crippen LogP contribution < -0.4 is 0 Å². The van der Waals surface area contributed by atoms with Gasteiger partial charge in [0.2, 0.25) is 0 Å². The molecule has 96 valence electrons. The van der Waals surface area contributed by atoms with E-state index in [0.717, 1.165) is 0 Å². The van der Waals surface area contributed by atoms with Gasteiger partial charge in [-0.2, -0.15) is 0 Å². The Balaban J connectivity index is 0.000000221. The van der Waals surface area contributed by atoms with E-state index in [1.54, 1.807) is 0 Å². The van der Waals surface area contributed by atoms with Crippen molar-refractivity contribution in [2.75, 3.05) is 0 Å². The van der Waals surface area contributed by atoms with Crippen molar-refractivity contribution in [3.63, 3.8) is 0 Å². The summed E-state index contributed by atoms with van der Waals surface area (Å²) in [6.45, 7) is 6.61. The maximum atomic E-state index is 8.08. The molecule has 16 heavy (non-hydrogen) atoms. The first kappa shape index (κ1) is 13.9. The van der Waals surface area contributed by atoms with E-state index in [2.05, 4.69) is 0 Å². The van der Waals surface area contributed by atoms with Crippen LogP contribution in [0.2, 0.25) is 0 Å². The second-order valence-electron chi connectivity index (χ2n) is 5.49. The van der Waals surface area contributed by atoms with Crippen LogP contribution in [0.5, 0.6) is 0 Å². The van der Waals surface area contributed by atoms with Gasteiger partial charge in [-0.1, -0.05) is 12.8 Å². The summed E-state index contributed by atoms with van der Waals surface area (Å²) >= 11 is 0. The van der Waals surface area contributed by atoms with Crippen LogP contribution in [0.3, 0.4) is 0 Å². The van der Waals surface area contributed by atoms with Crippen LogP contribution in [0.25, 0.3) is 0 Å². The monoisotopic (exact) mass is 232 g/mol. The molecule has 2 aliphatic rings. The number of fused-ring (bicyclic) bond motifs is 1. The average molecular weight is 232 g/mol. The molecule has 1 aliphatic heterocycles. The Hall–Kier alpha value is -0.160. The van der Waals surface area contributed by atoms with Gasteiger partial charge in [-0.3, -0.25) is 0 Å². The second kappa shape index (κ2) is 5.00. The first-order valence-corrected chi connectivity index (χ1v) is 5.98. The third kappa shape index (κ3) is 5.25. The van der Waals surface area contributed by atoms with Crippen molar-refractivity contribution in [3.05, 3.63) is 0 Å². The van der Waals surface area contributed by atoms with Crippen LogP contribution in [0.15, 0.2) is 0 Å². The Morgan fingerprint density at radius 1 is 1.00 bits per heavy atom. The molecule has 2 N–H and O–H groups in total. The lowest BCUT2D eigenvalue weighted by Gasteiger charge is -2.21. The molecule has 1 heterocycles. The highest BCUT2D eigenvalue weighted by Crippen LogP contribution is 2.36. The summed E-state index contributed by atoms with van der Waals surface area (Å²) in [5.74, 6) is -1.82. The molecule has 0 aromatic rings. The van der Waals surface area contributed by atoms with E-state index in [-0.39, 0.29) is 5.79 Å². The van der Waals surface area contributed by atoms with E-state index in [1.807, 2.05) is 13.8 Å². The van der Waals surface area contributed by atoms with Crippen molar-refractivity contribution in [2.45, 2.75) is 77.2 Å². The minimum atomic E-state index is -1.50. The third-order valence-corrected chi connectivity index (χ3v) is 2.51. The second-order valence-corrected chi connectivity index (χ2v) is 5.49. The van der Waals surface area contributed by atoms with E-state index in [1.165, 1.54) is 39.5 Å². The van der Waals surface area contributed by atoms with Gasteiger partial charge in [0.1, 0.15) is 0 Å². The topological polar surface area (TPSA) is 58.9 Å². The highest BCUT2D eigenvalue weighted by molar-refractivity contribution is 4.84. The van der Waals surface area contributed by atoms with E-state index in [4.69, 9.17) is 19.7 Å². The lowest BCUT2D eigenvalue weighted by Crippen LogP contribution is -2.25. The molecule has 0 amide bonds. The molecule has 0 spiro atoms. The summed E-state index contributed by atoms with van der Waals surface area (Å²) < 4.78 is 11.5. The van der Waals surface area contributed by atoms with Gasteiger partial charge >= 0.3 is 0 Å². The summed E-state index contributed by atoms with van der Waals surface area (Å²) in [6.07, 6.45) is 5.76. The van der Waals surface area contributed by atoms with Crippen LogP contribution in [0.1, 0.15) is 53.4 Å². The smallest absolute Gasteiger partial charge is 0.163 e. The highest BCUT2D eigenvalue weighted by Gasteiger charge is 2.41. The highest BCUT2D eigenvalue weighted by atomic mass is 16.7. The van der Waals surface area contributed by atoms with Crippen molar-refractivity contribution in [3.8, 4) is 0 Å². The first-order valence-electron chi connectivity index (χ1n) is 5.98. The van der Waals surface area contributed by atoms with Crippen molar-refractivity contribution in [1.82, 2.24) is 0 Å². The zero-order valence-electron chi connectivity index (χ0n) is 10.7. The fourth-order valence-corrected chi connectivity index (χ4v) is 2.09. The molecule has 2 unspecified atom stereocenters. The third-order valence-electron chi connectivity index (χ3n) is 2.51. The van der Waals surface area contributed by atoms with Crippen LogP contribution >= 0.6 is 0 Å². The summed E-state index contributed by atoms with van der Waals surface area (Å²) in [5, 5.41) is 16.2. The maximum Gasteiger partial charge on any atom is 0.163 e. The number of rotatable bonds is 0. The lowest BCUT2D eigenvalue weighted by atomic mass is 9.95. The SMILES string of the molecule is CC(C)(O)O.CC1(C)OC2CCCCC2O1. The van der Waals surface area contributed by atoms with Crippen molar-refractivity contribution in [1.29, 1.82) is 0 Å². The Kier molecular flexibility index (Phi) is 4.35. The zero-order valence-corrected chi connectivity index (χ0v) is 10.7. The summed E-state index contributed by atoms with van der Waals surface area (Å²) in [5.41, 5.74) is 0. The largest absolute Gasteiger partial charge is 0.366 e. The molecular weight excluding hydrogens is 208 g/mol. The van der Waals surface area contributed by atoms with Crippen LogP contribution in [-0.2, 0) is 9.47 Å². The standard InChI is InChI=1S/C9H16O2.C3H8O2/c1-9(2)10-7-5-3-4-6-8(7)11-9;1-3(2,4)5/h7-8H,3-6H2,1-2H3;4-5H,1-2H3. The van der Waals surface area contributed by atoms with Crippen molar-refractivity contribution >= 4 is 0 Å². The molecule has 0 radical (unpaired) electrons. The van der Waals surface area contributed by atoms with Gasteiger partial charge in [0.15, 0.2) is 11.6 Å². The Bertz CT molecular complexity index is 198. The number of hydrogen-bond acceptors (Lipinski definition) is 4. The van der Waals surface area contributed by atoms with Crippen molar-refractivity contribution in [2.24, 2.45) is 0 Å². The van der Waals surface area contributed by atoms with E-state index < -0.39 is 5.79 Å². The predicted octanol–water partition coefficient (Wildman–Crippen LogP) is 1.79. The van der Waals surface area contributed by atoms with Crippen LogP contribution in [0, 0.1) is 0 Å². The fourth-order valence-electron chi connectivity index (χ4n) is 2.09. The van der Waals surface area contributed by atoms with Gasteiger partial charge in [-0.25, -0.2) is 0 Å². The molecule has 1 aliphatic carbocycles. The number of ether oxygens (including phenoxy) is 2. The fraction of sp³-hybridized carbons (Fsp3) is 1.00. The molecule has 0 aromatic carbocycles. The first-order chi connectivity index (χ1) is 7.17. The summed E-state index contributed by atoms with van der Waals surface area (Å²) in [7, 11) is 0. The number of aliphatic hydroxyl groups is 2. The molecule has 2 rings (SSSR count). The molecular formula is C12H24O4. The quantitative estimate of drug-likeness (QED) is 0.625. The minimum absolute atomic E-state index is 0.320. The molecule has 0 aromatic heterocycles. The van der Waals surface area contributed by atoms with Gasteiger partial charge in [-0.15, -0.1) is 0 Å². The van der Waals surface area contributed by atoms with Gasteiger partial charge in [0.25, 0.3) is 0 Å². The molecule has 4 heteroatoms. The van der Waals surface area contributed by atoms with Crippen LogP contribution in [-0.4, -0.2) is 34.0 Å². The van der Waals surface area contributed by atoms with Crippen LogP contribution in [0.4, 0.5) is 0 Å². The molecule has 1 saturated heterocycles. The normalized spacial score (nSPS) is 32.6. The Morgan fingerprint density at radius 3 is 1.62 bits per heavy atom. The van der Waals surface area contributed by atoms with Gasteiger partial charge in [0.05, 0.1) is 12.2 Å². The summed E-state index contributed by atoms with van der Waals surface area (Å²) in [6, 6.07) is 0. The zero-order chi connectivity index (χ0) is 12.4. The van der Waals surface area contributed by atoms with E-state index in [0.29, 0.717) is 12.2 Å². The van der Waals surface area contributed by atoms with E-state index in [9.17, 15) is 0 Å². The maximum absolute atomic E-state index is 8.08. The molecule has 2 atom stereocenters. The molecule has 4 nitrogen and oxygen atoms in total. The Morgan fingerprint density at radius 2 is 1.31 bits per heavy atom. The minimum Gasteiger partial charge on any atom is -0.366 e. The van der Waals surface area contributed by atoms with Gasteiger partial charge < -0.3 is 19.7 Å². The molecule has 1 saturated carbocycles. The average Bonchev–Trinajstić information content (AvgIpc) is 2.34. The number of hydrogen-bond donors (Lipinski definition) is 2. The molecule has 0 bridgehead atoms. The van der Waals surface area contributed by atoms with Gasteiger partial charge in [0, 0.05) is 0 Å². The molecule has 2 fully saturated rings. The van der Waals surface area contributed by atoms with E-state index >= 15 is 0 Å².